The number of fused-ring (bicyclic) bond motifs is 1. The van der Waals surface area contributed by atoms with E-state index in [0.717, 1.165) is 29.1 Å². The Morgan fingerprint density at radius 3 is 2.41 bits per heavy atom. The van der Waals surface area contributed by atoms with Crippen LogP contribution in [0.3, 0.4) is 0 Å². The number of allylic oxidation sites excluding steroid dienone is 1. The van der Waals surface area contributed by atoms with Gasteiger partial charge < -0.3 is 9.88 Å². The number of hydrogen-bond acceptors (Lipinski definition) is 3. The number of H-pyrrole nitrogens is 2. The molecule has 0 saturated carbocycles. The molecule has 1 aliphatic rings. The molecule has 0 saturated heterocycles. The Labute approximate surface area is 170 Å². The van der Waals surface area contributed by atoms with Gasteiger partial charge in [-0.3, -0.25) is 5.10 Å². The molecular formula is C24H23N5. The lowest BCUT2D eigenvalue weighted by molar-refractivity contribution is 0.620. The minimum Gasteiger partial charge on any atom is -0.378 e. The van der Waals surface area contributed by atoms with Gasteiger partial charge >= 0.3 is 0 Å². The van der Waals surface area contributed by atoms with Gasteiger partial charge in [0.05, 0.1) is 18.2 Å². The zero-order valence-corrected chi connectivity index (χ0v) is 16.6. The summed E-state index contributed by atoms with van der Waals surface area (Å²) in [7, 11) is 4.13. The molecular weight excluding hydrogens is 358 g/mol. The number of rotatable bonds is 4. The molecule has 5 rings (SSSR count). The van der Waals surface area contributed by atoms with Gasteiger partial charge in [-0.25, -0.2) is 4.98 Å². The van der Waals surface area contributed by atoms with Gasteiger partial charge in [-0.05, 0) is 23.3 Å². The van der Waals surface area contributed by atoms with Crippen molar-refractivity contribution in [2.75, 3.05) is 19.0 Å². The van der Waals surface area contributed by atoms with Crippen molar-refractivity contribution in [3.8, 4) is 11.4 Å². The molecule has 1 aliphatic carbocycles. The zero-order valence-electron chi connectivity index (χ0n) is 16.6. The highest BCUT2D eigenvalue weighted by molar-refractivity contribution is 5.74. The Hall–Kier alpha value is -3.60. The SMILES string of the molecule is CN(C)c1ccc(C2(c3ccccc3)C=Cc3c(-c4cnc[nH]4)n[nH]c3C2)cc1. The maximum absolute atomic E-state index is 4.58. The molecule has 5 nitrogen and oxygen atoms in total. The number of hydrogen-bond donors (Lipinski definition) is 2. The summed E-state index contributed by atoms with van der Waals surface area (Å²) < 4.78 is 0. The van der Waals surface area contributed by atoms with E-state index in [0.29, 0.717) is 0 Å². The van der Waals surface area contributed by atoms with Crippen molar-refractivity contribution >= 4 is 11.8 Å². The van der Waals surface area contributed by atoms with Crippen LogP contribution in [0.4, 0.5) is 5.69 Å². The number of nitrogens with one attached hydrogen (secondary N) is 2. The number of imidazole rings is 1. The molecule has 2 aromatic heterocycles. The van der Waals surface area contributed by atoms with Gasteiger partial charge in [-0.2, -0.15) is 5.10 Å². The molecule has 29 heavy (non-hydrogen) atoms. The molecule has 0 radical (unpaired) electrons. The topological polar surface area (TPSA) is 60.6 Å². The molecule has 5 heteroatoms. The summed E-state index contributed by atoms with van der Waals surface area (Å²) in [5, 5.41) is 7.86. The summed E-state index contributed by atoms with van der Waals surface area (Å²) in [6, 6.07) is 19.6. The van der Waals surface area contributed by atoms with Crippen LogP contribution in [0.25, 0.3) is 17.5 Å². The van der Waals surface area contributed by atoms with E-state index in [-0.39, 0.29) is 5.41 Å². The molecule has 4 aromatic rings. The summed E-state index contributed by atoms with van der Waals surface area (Å²) in [6.45, 7) is 0. The van der Waals surface area contributed by atoms with Gasteiger partial charge in [-0.1, -0.05) is 54.6 Å². The van der Waals surface area contributed by atoms with E-state index < -0.39 is 0 Å². The first-order valence-corrected chi connectivity index (χ1v) is 9.76. The van der Waals surface area contributed by atoms with Gasteiger partial charge in [0.25, 0.3) is 0 Å². The van der Waals surface area contributed by atoms with Crippen LogP contribution in [0.15, 0.2) is 73.2 Å². The monoisotopic (exact) mass is 381 g/mol. The second kappa shape index (κ2) is 6.78. The third kappa shape index (κ3) is 2.86. The molecule has 0 aliphatic heterocycles. The summed E-state index contributed by atoms with van der Waals surface area (Å²) in [5.74, 6) is 0. The van der Waals surface area contributed by atoms with Crippen molar-refractivity contribution in [1.82, 2.24) is 20.2 Å². The van der Waals surface area contributed by atoms with Gasteiger partial charge in [0.1, 0.15) is 5.69 Å². The van der Waals surface area contributed by atoms with Crippen LogP contribution in [0.2, 0.25) is 0 Å². The summed E-state index contributed by atoms with van der Waals surface area (Å²) >= 11 is 0. The van der Waals surface area contributed by atoms with Crippen LogP contribution in [0, 0.1) is 0 Å². The van der Waals surface area contributed by atoms with Crippen molar-refractivity contribution < 1.29 is 0 Å². The van der Waals surface area contributed by atoms with Crippen LogP contribution in [-0.4, -0.2) is 34.3 Å². The normalized spacial score (nSPS) is 17.9. The molecule has 2 heterocycles. The van der Waals surface area contributed by atoms with E-state index >= 15 is 0 Å². The average Bonchev–Trinajstić information content (AvgIpc) is 3.43. The second-order valence-corrected chi connectivity index (χ2v) is 7.72. The predicted molar refractivity (Wildman–Crippen MR) is 117 cm³/mol. The summed E-state index contributed by atoms with van der Waals surface area (Å²) in [4.78, 5) is 9.42. The van der Waals surface area contributed by atoms with Gasteiger partial charge in [0.15, 0.2) is 0 Å². The van der Waals surface area contributed by atoms with Crippen LogP contribution in [-0.2, 0) is 11.8 Å². The Morgan fingerprint density at radius 1 is 0.966 bits per heavy atom. The first kappa shape index (κ1) is 17.5. The molecule has 0 spiro atoms. The molecule has 2 N–H and O–H groups in total. The Kier molecular flexibility index (Phi) is 4.09. The molecule has 0 fully saturated rings. The van der Waals surface area contributed by atoms with E-state index in [2.05, 4.69) is 106 Å². The average molecular weight is 381 g/mol. The molecule has 1 unspecified atom stereocenters. The molecule has 0 amide bonds. The molecule has 1 atom stereocenters. The minimum atomic E-state index is -0.239. The van der Waals surface area contributed by atoms with E-state index in [1.165, 1.54) is 16.8 Å². The van der Waals surface area contributed by atoms with Crippen molar-refractivity contribution in [1.29, 1.82) is 0 Å². The van der Waals surface area contributed by atoms with Crippen LogP contribution in [0.5, 0.6) is 0 Å². The summed E-state index contributed by atoms with van der Waals surface area (Å²) in [6.07, 6.45) is 8.84. The van der Waals surface area contributed by atoms with Gasteiger partial charge in [0.2, 0.25) is 0 Å². The maximum atomic E-state index is 4.58. The van der Waals surface area contributed by atoms with Crippen molar-refractivity contribution in [3.05, 3.63) is 95.6 Å². The molecule has 0 bridgehead atoms. The third-order valence-electron chi connectivity index (χ3n) is 5.81. The fraction of sp³-hybridized carbons (Fsp3) is 0.167. The number of benzene rings is 2. The van der Waals surface area contributed by atoms with Gasteiger partial charge in [-0.15, -0.1) is 0 Å². The fourth-order valence-electron chi connectivity index (χ4n) is 4.21. The lowest BCUT2D eigenvalue weighted by Crippen LogP contribution is -2.30. The van der Waals surface area contributed by atoms with Gasteiger partial charge in [0, 0.05) is 42.9 Å². The lowest BCUT2D eigenvalue weighted by atomic mass is 9.68. The zero-order chi connectivity index (χ0) is 19.8. The van der Waals surface area contributed by atoms with E-state index in [9.17, 15) is 0 Å². The highest BCUT2D eigenvalue weighted by Gasteiger charge is 2.36. The minimum absolute atomic E-state index is 0.239. The Morgan fingerprint density at radius 2 is 1.72 bits per heavy atom. The number of nitrogens with zero attached hydrogens (tertiary/aromatic N) is 3. The van der Waals surface area contributed by atoms with Crippen molar-refractivity contribution in [2.24, 2.45) is 0 Å². The highest BCUT2D eigenvalue weighted by Crippen LogP contribution is 2.43. The largest absolute Gasteiger partial charge is 0.378 e. The molecule has 144 valence electrons. The first-order valence-electron chi connectivity index (χ1n) is 9.76. The number of aromatic amines is 2. The Balaban J connectivity index is 1.63. The van der Waals surface area contributed by atoms with E-state index in [1.807, 2.05) is 6.20 Å². The first-order chi connectivity index (χ1) is 14.2. The lowest BCUT2D eigenvalue weighted by Gasteiger charge is -2.34. The van der Waals surface area contributed by atoms with Crippen LogP contribution in [0.1, 0.15) is 22.4 Å². The quantitative estimate of drug-likeness (QED) is 0.550. The predicted octanol–water partition coefficient (Wildman–Crippen LogP) is 4.42. The highest BCUT2D eigenvalue weighted by atomic mass is 15.1. The Bertz CT molecular complexity index is 1140. The molecule has 2 aromatic carbocycles. The van der Waals surface area contributed by atoms with Crippen LogP contribution < -0.4 is 4.90 Å². The van der Waals surface area contributed by atoms with E-state index in [4.69, 9.17) is 0 Å². The fourth-order valence-corrected chi connectivity index (χ4v) is 4.21. The summed E-state index contributed by atoms with van der Waals surface area (Å²) in [5.41, 5.74) is 7.61. The number of anilines is 1. The third-order valence-corrected chi connectivity index (χ3v) is 5.81. The van der Waals surface area contributed by atoms with Crippen LogP contribution >= 0.6 is 0 Å². The van der Waals surface area contributed by atoms with Crippen molar-refractivity contribution in [3.63, 3.8) is 0 Å². The smallest absolute Gasteiger partial charge is 0.117 e. The second-order valence-electron chi connectivity index (χ2n) is 7.72. The van der Waals surface area contributed by atoms with E-state index in [1.54, 1.807) is 6.33 Å². The van der Waals surface area contributed by atoms with Crippen molar-refractivity contribution in [2.45, 2.75) is 11.8 Å². The maximum Gasteiger partial charge on any atom is 0.117 e. The standard InChI is InChI=1S/C24H23N5/c1-29(2)19-10-8-18(9-11-19)24(17-6-4-3-5-7-17)13-12-20-21(14-24)27-28-23(20)22-15-25-16-26-22/h3-13,15-16H,14H2,1-2H3,(H,25,26)(H,27,28). The number of aromatic nitrogens is 4.